The summed E-state index contributed by atoms with van der Waals surface area (Å²) in [6.45, 7) is 0.262. The van der Waals surface area contributed by atoms with E-state index in [1.54, 1.807) is 18.2 Å². The van der Waals surface area contributed by atoms with Crippen molar-refractivity contribution in [1.29, 1.82) is 0 Å². The van der Waals surface area contributed by atoms with Crippen molar-refractivity contribution in [2.75, 3.05) is 17.2 Å². The van der Waals surface area contributed by atoms with Gasteiger partial charge in [-0.25, -0.2) is 13.2 Å². The molecular weight excluding hydrogens is 302 g/mol. The van der Waals surface area contributed by atoms with Gasteiger partial charge in [-0.15, -0.1) is 0 Å². The summed E-state index contributed by atoms with van der Waals surface area (Å²) in [5.74, 6) is -0.0928. The van der Waals surface area contributed by atoms with Crippen molar-refractivity contribution in [3.05, 3.63) is 60.2 Å². The molecule has 0 bridgehead atoms. The van der Waals surface area contributed by atoms with E-state index in [1.807, 2.05) is 30.3 Å². The number of sulfone groups is 1. The van der Waals surface area contributed by atoms with E-state index >= 15 is 0 Å². The number of carbonyl (C=O) groups excluding carboxylic acids is 1. The van der Waals surface area contributed by atoms with Gasteiger partial charge >= 0.3 is 6.09 Å². The number of rotatable bonds is 2. The average molecular weight is 317 g/mol. The zero-order valence-electron chi connectivity index (χ0n) is 11.8. The molecule has 5 nitrogen and oxygen atoms in total. The van der Waals surface area contributed by atoms with E-state index in [1.165, 1.54) is 11.0 Å². The molecule has 114 valence electrons. The molecule has 0 aromatic heterocycles. The fourth-order valence-corrected chi connectivity index (χ4v) is 3.80. The standard InChI is InChI=1S/C16H15NO4S/c18-16(21-12-13-6-2-1-3-7-13)17-10-11-22(19,20)15-9-5-4-8-14(15)17/h1-9H,10-12H2. The summed E-state index contributed by atoms with van der Waals surface area (Å²) in [5, 5.41) is 0. The summed E-state index contributed by atoms with van der Waals surface area (Å²) in [6.07, 6.45) is -0.536. The van der Waals surface area contributed by atoms with Crippen LogP contribution in [0.25, 0.3) is 0 Å². The summed E-state index contributed by atoms with van der Waals surface area (Å²) in [6, 6.07) is 15.8. The molecule has 0 spiro atoms. The number of nitrogens with zero attached hydrogens (tertiary/aromatic N) is 1. The molecule has 1 heterocycles. The molecule has 0 fully saturated rings. The lowest BCUT2D eigenvalue weighted by Crippen LogP contribution is -2.40. The first-order valence-electron chi connectivity index (χ1n) is 6.88. The average Bonchev–Trinajstić information content (AvgIpc) is 2.54. The van der Waals surface area contributed by atoms with Crippen LogP contribution >= 0.6 is 0 Å². The van der Waals surface area contributed by atoms with E-state index in [2.05, 4.69) is 0 Å². The number of para-hydroxylation sites is 1. The first-order valence-corrected chi connectivity index (χ1v) is 8.53. The van der Waals surface area contributed by atoms with Gasteiger partial charge in [-0.3, -0.25) is 4.90 Å². The van der Waals surface area contributed by atoms with Gasteiger partial charge < -0.3 is 4.74 Å². The van der Waals surface area contributed by atoms with Gasteiger partial charge in [-0.1, -0.05) is 42.5 Å². The molecule has 0 unspecified atom stereocenters. The third-order valence-electron chi connectivity index (χ3n) is 3.50. The number of carbonyl (C=O) groups is 1. The van der Waals surface area contributed by atoms with Crippen LogP contribution in [0.15, 0.2) is 59.5 Å². The van der Waals surface area contributed by atoms with Gasteiger partial charge in [0.05, 0.1) is 16.3 Å². The predicted molar refractivity (Wildman–Crippen MR) is 82.5 cm³/mol. The molecule has 0 saturated heterocycles. The van der Waals surface area contributed by atoms with E-state index in [-0.39, 0.29) is 23.8 Å². The van der Waals surface area contributed by atoms with E-state index < -0.39 is 15.9 Å². The van der Waals surface area contributed by atoms with Crippen LogP contribution in [0.5, 0.6) is 0 Å². The van der Waals surface area contributed by atoms with Crippen LogP contribution in [0.4, 0.5) is 10.5 Å². The van der Waals surface area contributed by atoms with Crippen LogP contribution in [-0.4, -0.2) is 26.8 Å². The molecule has 22 heavy (non-hydrogen) atoms. The maximum atomic E-state index is 12.3. The molecular formula is C16H15NO4S. The molecule has 0 radical (unpaired) electrons. The zero-order valence-corrected chi connectivity index (χ0v) is 12.6. The first kappa shape index (κ1) is 14.6. The minimum atomic E-state index is -3.33. The van der Waals surface area contributed by atoms with Crippen LogP contribution in [0.3, 0.4) is 0 Å². The Hall–Kier alpha value is -2.34. The van der Waals surface area contributed by atoms with Gasteiger partial charge in [-0.2, -0.15) is 0 Å². The number of amides is 1. The molecule has 6 heteroatoms. The van der Waals surface area contributed by atoms with Crippen LogP contribution in [-0.2, 0) is 21.2 Å². The van der Waals surface area contributed by atoms with E-state index in [0.717, 1.165) is 5.56 Å². The maximum Gasteiger partial charge on any atom is 0.414 e. The van der Waals surface area contributed by atoms with E-state index in [0.29, 0.717) is 5.69 Å². The Balaban J connectivity index is 1.79. The van der Waals surface area contributed by atoms with Crippen molar-refractivity contribution in [3.63, 3.8) is 0 Å². The summed E-state index contributed by atoms with van der Waals surface area (Å²) in [5.41, 5.74) is 1.26. The van der Waals surface area contributed by atoms with Gasteiger partial charge in [0.1, 0.15) is 6.61 Å². The third kappa shape index (κ3) is 2.82. The SMILES string of the molecule is O=C(OCc1ccccc1)N1CCS(=O)(=O)c2ccccc21. The minimum Gasteiger partial charge on any atom is -0.444 e. The largest absolute Gasteiger partial charge is 0.444 e. The van der Waals surface area contributed by atoms with Gasteiger partial charge in [-0.05, 0) is 17.7 Å². The highest BCUT2D eigenvalue weighted by Crippen LogP contribution is 2.30. The highest BCUT2D eigenvalue weighted by molar-refractivity contribution is 7.91. The number of hydrogen-bond donors (Lipinski definition) is 0. The number of fused-ring (bicyclic) bond motifs is 1. The smallest absolute Gasteiger partial charge is 0.414 e. The molecule has 0 saturated carbocycles. The Morgan fingerprint density at radius 2 is 1.73 bits per heavy atom. The van der Waals surface area contributed by atoms with Crippen LogP contribution < -0.4 is 4.90 Å². The molecule has 2 aromatic carbocycles. The highest BCUT2D eigenvalue weighted by atomic mass is 32.2. The Kier molecular flexibility index (Phi) is 3.85. The normalized spacial score (nSPS) is 15.9. The third-order valence-corrected chi connectivity index (χ3v) is 5.24. The maximum absolute atomic E-state index is 12.3. The second-order valence-corrected chi connectivity index (χ2v) is 7.06. The fourth-order valence-electron chi connectivity index (χ4n) is 2.37. The topological polar surface area (TPSA) is 63.7 Å². The molecule has 1 amide bonds. The number of anilines is 1. The van der Waals surface area contributed by atoms with E-state index in [4.69, 9.17) is 4.74 Å². The molecule has 1 aliphatic rings. The summed E-state index contributed by atoms with van der Waals surface area (Å²) < 4.78 is 29.4. The lowest BCUT2D eigenvalue weighted by atomic mass is 10.2. The Morgan fingerprint density at radius 3 is 2.50 bits per heavy atom. The van der Waals surface area contributed by atoms with Crippen molar-refractivity contribution in [1.82, 2.24) is 0 Å². The van der Waals surface area contributed by atoms with Crippen molar-refractivity contribution in [2.45, 2.75) is 11.5 Å². The minimum absolute atomic E-state index is 0.0928. The molecule has 1 aliphatic heterocycles. The Morgan fingerprint density at radius 1 is 1.05 bits per heavy atom. The summed E-state index contributed by atoms with van der Waals surface area (Å²) in [4.78, 5) is 13.8. The fraction of sp³-hybridized carbons (Fsp3) is 0.188. The molecule has 0 N–H and O–H groups in total. The van der Waals surface area contributed by atoms with Crippen LogP contribution in [0.1, 0.15) is 5.56 Å². The molecule has 0 aliphatic carbocycles. The van der Waals surface area contributed by atoms with Crippen LogP contribution in [0, 0.1) is 0 Å². The molecule has 2 aromatic rings. The highest BCUT2D eigenvalue weighted by Gasteiger charge is 2.31. The van der Waals surface area contributed by atoms with Gasteiger partial charge in [0.15, 0.2) is 9.84 Å². The van der Waals surface area contributed by atoms with Crippen LogP contribution in [0.2, 0.25) is 0 Å². The van der Waals surface area contributed by atoms with Crippen molar-refractivity contribution in [3.8, 4) is 0 Å². The quantitative estimate of drug-likeness (QED) is 0.854. The second kappa shape index (κ2) is 5.81. The van der Waals surface area contributed by atoms with E-state index in [9.17, 15) is 13.2 Å². The molecule has 3 rings (SSSR count). The first-order chi connectivity index (χ1) is 10.6. The Bertz CT molecular complexity index is 787. The van der Waals surface area contributed by atoms with Gasteiger partial charge in [0, 0.05) is 6.54 Å². The number of hydrogen-bond acceptors (Lipinski definition) is 4. The number of benzene rings is 2. The van der Waals surface area contributed by atoms with Crippen molar-refractivity contribution >= 4 is 21.6 Å². The molecule has 0 atom stereocenters. The second-order valence-electron chi connectivity index (χ2n) is 4.98. The van der Waals surface area contributed by atoms with Crippen molar-refractivity contribution in [2.24, 2.45) is 0 Å². The monoisotopic (exact) mass is 317 g/mol. The summed E-state index contributed by atoms with van der Waals surface area (Å²) >= 11 is 0. The lowest BCUT2D eigenvalue weighted by molar-refractivity contribution is 0.147. The van der Waals surface area contributed by atoms with Gasteiger partial charge in [0.2, 0.25) is 0 Å². The Labute approximate surface area is 129 Å². The lowest BCUT2D eigenvalue weighted by Gasteiger charge is -2.28. The summed E-state index contributed by atoms with van der Waals surface area (Å²) in [7, 11) is -3.33. The predicted octanol–water partition coefficient (Wildman–Crippen LogP) is 2.62. The van der Waals surface area contributed by atoms with Crippen molar-refractivity contribution < 1.29 is 17.9 Å². The number of ether oxygens (including phenoxy) is 1. The van der Waals surface area contributed by atoms with Gasteiger partial charge in [0.25, 0.3) is 0 Å². The zero-order chi connectivity index (χ0) is 15.6.